The molecule has 16 heavy (non-hydrogen) atoms. The molecule has 0 saturated carbocycles. The second-order valence-electron chi connectivity index (χ2n) is 4.43. The zero-order chi connectivity index (χ0) is 11.6. The quantitative estimate of drug-likeness (QED) is 0.626. The fraction of sp³-hybridized carbons (Fsp3) is 0.917. The van der Waals surface area contributed by atoms with E-state index in [0.29, 0.717) is 6.42 Å². The smallest absolute Gasteiger partial charge is 0.219 e. The molecule has 2 N–H and O–H groups in total. The Morgan fingerprint density at radius 3 is 2.62 bits per heavy atom. The van der Waals surface area contributed by atoms with Crippen molar-refractivity contribution in [2.75, 3.05) is 39.8 Å². The summed E-state index contributed by atoms with van der Waals surface area (Å²) in [6.45, 7) is 5.68. The number of hydrogen-bond donors (Lipinski definition) is 2. The zero-order valence-electron chi connectivity index (χ0n) is 10.4. The number of rotatable bonds is 7. The van der Waals surface area contributed by atoms with Crippen LogP contribution in [0.5, 0.6) is 0 Å². The SMILES string of the molecule is CNC(=O)CCCNCCN1CCCCC1. The van der Waals surface area contributed by atoms with Gasteiger partial charge < -0.3 is 15.5 Å². The molecule has 0 bridgehead atoms. The molecule has 1 aliphatic heterocycles. The van der Waals surface area contributed by atoms with Gasteiger partial charge in [0.1, 0.15) is 0 Å². The van der Waals surface area contributed by atoms with Gasteiger partial charge in [0.05, 0.1) is 0 Å². The molecule has 0 aromatic heterocycles. The van der Waals surface area contributed by atoms with E-state index in [4.69, 9.17) is 0 Å². The van der Waals surface area contributed by atoms with E-state index < -0.39 is 0 Å². The highest BCUT2D eigenvalue weighted by Gasteiger charge is 2.08. The van der Waals surface area contributed by atoms with Gasteiger partial charge in [-0.25, -0.2) is 0 Å². The van der Waals surface area contributed by atoms with E-state index >= 15 is 0 Å². The van der Waals surface area contributed by atoms with Crippen LogP contribution in [0.2, 0.25) is 0 Å². The lowest BCUT2D eigenvalue weighted by molar-refractivity contribution is -0.120. The molecular weight excluding hydrogens is 202 g/mol. The molecule has 0 radical (unpaired) electrons. The number of amides is 1. The summed E-state index contributed by atoms with van der Waals surface area (Å²) in [5.74, 6) is 0.137. The number of likely N-dealkylation sites (tertiary alicyclic amines) is 1. The van der Waals surface area contributed by atoms with Crippen LogP contribution in [0.15, 0.2) is 0 Å². The molecule has 94 valence electrons. The Hall–Kier alpha value is -0.610. The highest BCUT2D eigenvalue weighted by Crippen LogP contribution is 2.07. The first-order valence-corrected chi connectivity index (χ1v) is 6.46. The first kappa shape index (κ1) is 13.5. The number of nitrogens with zero attached hydrogens (tertiary/aromatic N) is 1. The third-order valence-electron chi connectivity index (χ3n) is 3.09. The molecule has 0 atom stereocenters. The normalized spacial score (nSPS) is 17.3. The molecule has 0 aromatic rings. The van der Waals surface area contributed by atoms with E-state index in [1.807, 2.05) is 0 Å². The lowest BCUT2D eigenvalue weighted by Crippen LogP contribution is -2.36. The number of hydrogen-bond acceptors (Lipinski definition) is 3. The summed E-state index contributed by atoms with van der Waals surface area (Å²) in [5.41, 5.74) is 0. The van der Waals surface area contributed by atoms with Crippen LogP contribution >= 0.6 is 0 Å². The van der Waals surface area contributed by atoms with E-state index in [-0.39, 0.29) is 5.91 Å². The van der Waals surface area contributed by atoms with E-state index in [9.17, 15) is 4.79 Å². The first-order chi connectivity index (χ1) is 7.83. The van der Waals surface area contributed by atoms with Gasteiger partial charge in [-0.2, -0.15) is 0 Å². The van der Waals surface area contributed by atoms with Crippen molar-refractivity contribution in [2.24, 2.45) is 0 Å². The van der Waals surface area contributed by atoms with Crippen molar-refractivity contribution in [2.45, 2.75) is 32.1 Å². The average molecular weight is 227 g/mol. The molecule has 0 aromatic carbocycles. The van der Waals surface area contributed by atoms with Gasteiger partial charge in [0.15, 0.2) is 0 Å². The summed E-state index contributed by atoms with van der Waals surface area (Å²) in [4.78, 5) is 13.5. The van der Waals surface area contributed by atoms with Crippen molar-refractivity contribution in [1.29, 1.82) is 0 Å². The van der Waals surface area contributed by atoms with E-state index in [2.05, 4.69) is 15.5 Å². The van der Waals surface area contributed by atoms with Gasteiger partial charge in [0.2, 0.25) is 5.91 Å². The van der Waals surface area contributed by atoms with Crippen LogP contribution in [-0.2, 0) is 4.79 Å². The maximum absolute atomic E-state index is 10.9. The van der Waals surface area contributed by atoms with Crippen molar-refractivity contribution in [3.8, 4) is 0 Å². The van der Waals surface area contributed by atoms with E-state index in [1.54, 1.807) is 7.05 Å². The molecule has 0 aliphatic carbocycles. The Bertz CT molecular complexity index is 191. The lowest BCUT2D eigenvalue weighted by Gasteiger charge is -2.26. The fourth-order valence-corrected chi connectivity index (χ4v) is 2.04. The van der Waals surface area contributed by atoms with E-state index in [0.717, 1.165) is 26.1 Å². The number of piperidine rings is 1. The van der Waals surface area contributed by atoms with Gasteiger partial charge in [0.25, 0.3) is 0 Å². The maximum atomic E-state index is 10.9. The van der Waals surface area contributed by atoms with Gasteiger partial charge in [-0.3, -0.25) is 4.79 Å². The zero-order valence-corrected chi connectivity index (χ0v) is 10.4. The topological polar surface area (TPSA) is 44.4 Å². The van der Waals surface area contributed by atoms with Gasteiger partial charge in [0, 0.05) is 26.6 Å². The summed E-state index contributed by atoms with van der Waals surface area (Å²) < 4.78 is 0. The highest BCUT2D eigenvalue weighted by molar-refractivity contribution is 5.75. The van der Waals surface area contributed by atoms with Crippen molar-refractivity contribution >= 4 is 5.91 Å². The van der Waals surface area contributed by atoms with Crippen LogP contribution in [-0.4, -0.2) is 50.6 Å². The van der Waals surface area contributed by atoms with E-state index in [1.165, 1.54) is 32.4 Å². The third-order valence-corrected chi connectivity index (χ3v) is 3.09. The fourth-order valence-electron chi connectivity index (χ4n) is 2.04. The van der Waals surface area contributed by atoms with Crippen LogP contribution in [0.4, 0.5) is 0 Å². The molecule has 1 amide bonds. The van der Waals surface area contributed by atoms with Gasteiger partial charge in [-0.05, 0) is 38.9 Å². The largest absolute Gasteiger partial charge is 0.359 e. The minimum absolute atomic E-state index is 0.137. The molecule has 0 unspecified atom stereocenters. The van der Waals surface area contributed by atoms with Crippen LogP contribution in [0, 0.1) is 0 Å². The number of carbonyl (C=O) groups excluding carboxylic acids is 1. The monoisotopic (exact) mass is 227 g/mol. The Labute approximate surface area is 98.8 Å². The Morgan fingerprint density at radius 1 is 1.19 bits per heavy atom. The standard InChI is InChI=1S/C12H25N3O/c1-13-12(16)6-5-7-14-8-11-15-9-3-2-4-10-15/h14H,2-11H2,1H3,(H,13,16). The first-order valence-electron chi connectivity index (χ1n) is 6.46. The molecule has 0 spiro atoms. The summed E-state index contributed by atoms with van der Waals surface area (Å²) in [5, 5.41) is 6.02. The highest BCUT2D eigenvalue weighted by atomic mass is 16.1. The molecule has 1 heterocycles. The molecule has 1 saturated heterocycles. The second kappa shape index (κ2) is 8.53. The minimum Gasteiger partial charge on any atom is -0.359 e. The van der Waals surface area contributed by atoms with Crippen molar-refractivity contribution in [1.82, 2.24) is 15.5 Å². The number of nitrogens with one attached hydrogen (secondary N) is 2. The maximum Gasteiger partial charge on any atom is 0.219 e. The second-order valence-corrected chi connectivity index (χ2v) is 4.43. The van der Waals surface area contributed by atoms with Gasteiger partial charge >= 0.3 is 0 Å². The lowest BCUT2D eigenvalue weighted by atomic mass is 10.1. The molecule has 1 fully saturated rings. The van der Waals surface area contributed by atoms with Crippen molar-refractivity contribution < 1.29 is 4.79 Å². The molecule has 1 rings (SSSR count). The Morgan fingerprint density at radius 2 is 1.94 bits per heavy atom. The van der Waals surface area contributed by atoms with Crippen LogP contribution in [0.3, 0.4) is 0 Å². The van der Waals surface area contributed by atoms with Crippen LogP contribution < -0.4 is 10.6 Å². The van der Waals surface area contributed by atoms with Crippen molar-refractivity contribution in [3.63, 3.8) is 0 Å². The van der Waals surface area contributed by atoms with Crippen molar-refractivity contribution in [3.05, 3.63) is 0 Å². The summed E-state index contributed by atoms with van der Waals surface area (Å²) >= 11 is 0. The van der Waals surface area contributed by atoms with Gasteiger partial charge in [-0.15, -0.1) is 0 Å². The number of carbonyl (C=O) groups is 1. The summed E-state index contributed by atoms with van der Waals surface area (Å²) in [6, 6.07) is 0. The third kappa shape index (κ3) is 6.08. The Balaban J connectivity index is 1.85. The van der Waals surface area contributed by atoms with Crippen LogP contribution in [0.1, 0.15) is 32.1 Å². The molecule has 1 aliphatic rings. The predicted octanol–water partition coefficient (Wildman–Crippen LogP) is 0.588. The average Bonchev–Trinajstić information content (AvgIpc) is 2.34. The molecular formula is C12H25N3O. The van der Waals surface area contributed by atoms with Crippen LogP contribution in [0.25, 0.3) is 0 Å². The minimum atomic E-state index is 0.137. The predicted molar refractivity (Wildman–Crippen MR) is 66.5 cm³/mol. The summed E-state index contributed by atoms with van der Waals surface area (Å²) in [6.07, 6.45) is 5.68. The summed E-state index contributed by atoms with van der Waals surface area (Å²) in [7, 11) is 1.69. The Kier molecular flexibility index (Phi) is 7.17. The van der Waals surface area contributed by atoms with Gasteiger partial charge in [-0.1, -0.05) is 6.42 Å². The molecule has 4 nitrogen and oxygen atoms in total. The molecule has 4 heteroatoms.